The molecule has 4 atom stereocenters. The zero-order chi connectivity index (χ0) is 9.97. The van der Waals surface area contributed by atoms with Crippen molar-refractivity contribution in [3.05, 3.63) is 0 Å². The molecule has 1 N–H and O–H groups in total. The molecule has 2 rings (SSSR count). The van der Waals surface area contributed by atoms with E-state index in [1.165, 1.54) is 32.1 Å². The third-order valence-corrected chi connectivity index (χ3v) is 3.92. The largest absolute Gasteiger partial charge is 0.377 e. The highest BCUT2D eigenvalue weighted by Gasteiger charge is 2.29. The third kappa shape index (κ3) is 2.29. The molecule has 1 heterocycles. The molecule has 2 fully saturated rings. The molecule has 1 saturated heterocycles. The fourth-order valence-electron chi connectivity index (χ4n) is 2.79. The van der Waals surface area contributed by atoms with Gasteiger partial charge in [-0.1, -0.05) is 19.8 Å². The quantitative estimate of drug-likeness (QED) is 0.733. The first kappa shape index (κ1) is 10.4. The Balaban J connectivity index is 1.83. The van der Waals surface area contributed by atoms with Gasteiger partial charge >= 0.3 is 0 Å². The second-order valence-electron chi connectivity index (χ2n) is 5.01. The highest BCUT2D eigenvalue weighted by atomic mass is 16.5. The number of ether oxygens (including phenoxy) is 1. The molecule has 0 spiro atoms. The second kappa shape index (κ2) is 4.63. The maximum absolute atomic E-state index is 5.58. The number of hydrogen-bond donors (Lipinski definition) is 1. The van der Waals surface area contributed by atoms with Gasteiger partial charge in [-0.2, -0.15) is 0 Å². The molecule has 0 aromatic carbocycles. The molecule has 1 aliphatic heterocycles. The van der Waals surface area contributed by atoms with Crippen LogP contribution in [0.5, 0.6) is 0 Å². The summed E-state index contributed by atoms with van der Waals surface area (Å²) in [5.41, 5.74) is 0. The SMILES string of the molecule is C[C@@H]1CCCC[C@@H]1N[C@H]1CCO[C@@H]1C. The predicted molar refractivity (Wildman–Crippen MR) is 58.4 cm³/mol. The van der Waals surface area contributed by atoms with Crippen LogP contribution < -0.4 is 5.32 Å². The van der Waals surface area contributed by atoms with Gasteiger partial charge < -0.3 is 10.1 Å². The van der Waals surface area contributed by atoms with Crippen LogP contribution in [0.3, 0.4) is 0 Å². The van der Waals surface area contributed by atoms with E-state index in [2.05, 4.69) is 19.2 Å². The molecule has 1 aliphatic carbocycles. The van der Waals surface area contributed by atoms with Crippen molar-refractivity contribution in [2.24, 2.45) is 5.92 Å². The lowest BCUT2D eigenvalue weighted by molar-refractivity contribution is 0.106. The number of nitrogens with one attached hydrogen (secondary N) is 1. The van der Waals surface area contributed by atoms with E-state index in [1.807, 2.05) is 0 Å². The lowest BCUT2D eigenvalue weighted by atomic mass is 9.85. The van der Waals surface area contributed by atoms with Crippen LogP contribution in [0.4, 0.5) is 0 Å². The maximum atomic E-state index is 5.58. The molecule has 0 bridgehead atoms. The van der Waals surface area contributed by atoms with E-state index >= 15 is 0 Å². The fraction of sp³-hybridized carbons (Fsp3) is 1.00. The van der Waals surface area contributed by atoms with Gasteiger partial charge in [-0.25, -0.2) is 0 Å². The zero-order valence-electron chi connectivity index (χ0n) is 9.46. The van der Waals surface area contributed by atoms with E-state index in [1.54, 1.807) is 0 Å². The summed E-state index contributed by atoms with van der Waals surface area (Å²) in [6.07, 6.45) is 7.22. The number of hydrogen-bond acceptors (Lipinski definition) is 2. The lowest BCUT2D eigenvalue weighted by Gasteiger charge is -2.32. The molecule has 0 unspecified atom stereocenters. The van der Waals surface area contributed by atoms with Gasteiger partial charge in [-0.05, 0) is 32.1 Å². The Morgan fingerprint density at radius 2 is 1.79 bits per heavy atom. The van der Waals surface area contributed by atoms with E-state index in [4.69, 9.17) is 4.74 Å². The smallest absolute Gasteiger partial charge is 0.0700 e. The number of rotatable bonds is 2. The minimum atomic E-state index is 0.420. The lowest BCUT2D eigenvalue weighted by Crippen LogP contribution is -2.46. The van der Waals surface area contributed by atoms with Crippen LogP contribution in [0, 0.1) is 5.92 Å². The van der Waals surface area contributed by atoms with Crippen molar-refractivity contribution in [1.82, 2.24) is 5.32 Å². The minimum absolute atomic E-state index is 0.420. The van der Waals surface area contributed by atoms with Gasteiger partial charge in [0.1, 0.15) is 0 Å². The summed E-state index contributed by atoms with van der Waals surface area (Å²) in [4.78, 5) is 0. The average Bonchev–Trinajstić information content (AvgIpc) is 2.56. The molecule has 2 heteroatoms. The first-order chi connectivity index (χ1) is 6.77. The topological polar surface area (TPSA) is 21.3 Å². The van der Waals surface area contributed by atoms with Gasteiger partial charge in [0.05, 0.1) is 6.10 Å². The predicted octanol–water partition coefficient (Wildman–Crippen LogP) is 2.33. The van der Waals surface area contributed by atoms with E-state index in [-0.39, 0.29) is 0 Å². The Hall–Kier alpha value is -0.0800. The Labute approximate surface area is 87.4 Å². The summed E-state index contributed by atoms with van der Waals surface area (Å²) < 4.78 is 5.58. The van der Waals surface area contributed by atoms with Crippen LogP contribution in [0.2, 0.25) is 0 Å². The van der Waals surface area contributed by atoms with Crippen molar-refractivity contribution in [2.45, 2.75) is 64.1 Å². The van der Waals surface area contributed by atoms with Crippen molar-refractivity contribution in [2.75, 3.05) is 6.61 Å². The molecule has 14 heavy (non-hydrogen) atoms. The van der Waals surface area contributed by atoms with Crippen LogP contribution in [-0.4, -0.2) is 24.8 Å². The summed E-state index contributed by atoms with van der Waals surface area (Å²) in [5, 5.41) is 3.79. The minimum Gasteiger partial charge on any atom is -0.377 e. The van der Waals surface area contributed by atoms with Gasteiger partial charge in [-0.15, -0.1) is 0 Å². The highest BCUT2D eigenvalue weighted by Crippen LogP contribution is 2.25. The third-order valence-electron chi connectivity index (χ3n) is 3.92. The van der Waals surface area contributed by atoms with E-state index in [9.17, 15) is 0 Å². The van der Waals surface area contributed by atoms with Crippen molar-refractivity contribution < 1.29 is 4.74 Å². The molecule has 0 aromatic rings. The summed E-state index contributed by atoms with van der Waals surface area (Å²) in [5.74, 6) is 0.858. The Kier molecular flexibility index (Phi) is 3.45. The van der Waals surface area contributed by atoms with Crippen LogP contribution in [0.25, 0.3) is 0 Å². The van der Waals surface area contributed by atoms with Gasteiger partial charge in [0, 0.05) is 18.7 Å². The molecule has 2 aliphatic rings. The van der Waals surface area contributed by atoms with E-state index in [0.717, 1.165) is 18.6 Å². The molecule has 0 amide bonds. The molecule has 1 saturated carbocycles. The monoisotopic (exact) mass is 197 g/mol. The maximum Gasteiger partial charge on any atom is 0.0700 e. The molecule has 0 radical (unpaired) electrons. The molecule has 82 valence electrons. The average molecular weight is 197 g/mol. The summed E-state index contributed by atoms with van der Waals surface area (Å²) >= 11 is 0. The van der Waals surface area contributed by atoms with Crippen molar-refractivity contribution >= 4 is 0 Å². The first-order valence-corrected chi connectivity index (χ1v) is 6.15. The van der Waals surface area contributed by atoms with Crippen LogP contribution in [0.1, 0.15) is 46.0 Å². The summed E-state index contributed by atoms with van der Waals surface area (Å²) in [6, 6.07) is 1.36. The van der Waals surface area contributed by atoms with Gasteiger partial charge in [-0.3, -0.25) is 0 Å². The van der Waals surface area contributed by atoms with Crippen molar-refractivity contribution in [3.63, 3.8) is 0 Å². The summed E-state index contributed by atoms with van der Waals surface area (Å²) in [6.45, 7) is 5.52. The van der Waals surface area contributed by atoms with Gasteiger partial charge in [0.2, 0.25) is 0 Å². The Morgan fingerprint density at radius 1 is 1.00 bits per heavy atom. The first-order valence-electron chi connectivity index (χ1n) is 6.15. The molecule has 2 nitrogen and oxygen atoms in total. The van der Waals surface area contributed by atoms with Gasteiger partial charge in [0.15, 0.2) is 0 Å². The van der Waals surface area contributed by atoms with Crippen LogP contribution >= 0.6 is 0 Å². The standard InChI is InChI=1S/C12H23NO/c1-9-5-3-4-6-11(9)13-12-7-8-14-10(12)2/h9-13H,3-8H2,1-2H3/t9-,10-,11+,12+/m1/s1. The molecule has 0 aromatic heterocycles. The Morgan fingerprint density at radius 3 is 2.43 bits per heavy atom. The molecular weight excluding hydrogens is 174 g/mol. The second-order valence-corrected chi connectivity index (χ2v) is 5.01. The summed E-state index contributed by atoms with van der Waals surface area (Å²) in [7, 11) is 0. The van der Waals surface area contributed by atoms with E-state index in [0.29, 0.717) is 12.1 Å². The van der Waals surface area contributed by atoms with E-state index < -0.39 is 0 Å². The zero-order valence-corrected chi connectivity index (χ0v) is 9.46. The van der Waals surface area contributed by atoms with Crippen molar-refractivity contribution in [3.8, 4) is 0 Å². The van der Waals surface area contributed by atoms with Gasteiger partial charge in [0.25, 0.3) is 0 Å². The van der Waals surface area contributed by atoms with Crippen LogP contribution in [0.15, 0.2) is 0 Å². The molecular formula is C12H23NO. The van der Waals surface area contributed by atoms with Crippen molar-refractivity contribution in [1.29, 1.82) is 0 Å². The van der Waals surface area contributed by atoms with Crippen LogP contribution in [-0.2, 0) is 4.74 Å². The normalized spacial score (nSPS) is 44.1. The highest BCUT2D eigenvalue weighted by molar-refractivity contribution is 4.86. The Bertz CT molecular complexity index is 183. The fourth-order valence-corrected chi connectivity index (χ4v) is 2.79.